The molecule has 6 nitrogen and oxygen atoms in total. The number of rotatable bonds is 4. The smallest absolute Gasteiger partial charge is 0.416 e. The highest BCUT2D eigenvalue weighted by atomic mass is 19.4. The molecule has 0 aliphatic rings. The van der Waals surface area contributed by atoms with Crippen LogP contribution in [0.5, 0.6) is 0 Å². The third-order valence-electron chi connectivity index (χ3n) is 2.19. The molecule has 0 aliphatic carbocycles. The molecule has 2 amide bonds. The lowest BCUT2D eigenvalue weighted by atomic mass is 10.2. The van der Waals surface area contributed by atoms with Crippen LogP contribution >= 0.6 is 0 Å². The molecular weight excluding hydrogens is 281 g/mol. The minimum Gasteiger partial charge on any atom is -0.479 e. The maximum absolute atomic E-state index is 12.4. The van der Waals surface area contributed by atoms with E-state index in [4.69, 9.17) is 10.2 Å². The first-order valence-electron chi connectivity index (χ1n) is 5.33. The van der Waals surface area contributed by atoms with Crippen LogP contribution in [-0.2, 0) is 11.0 Å². The summed E-state index contributed by atoms with van der Waals surface area (Å²) in [5.41, 5.74) is -1.04. The van der Waals surface area contributed by atoms with E-state index in [9.17, 15) is 22.8 Å². The van der Waals surface area contributed by atoms with E-state index in [1.165, 1.54) is 6.07 Å². The highest BCUT2D eigenvalue weighted by Gasteiger charge is 2.30. The van der Waals surface area contributed by atoms with E-state index >= 15 is 0 Å². The highest BCUT2D eigenvalue weighted by Crippen LogP contribution is 2.30. The van der Waals surface area contributed by atoms with E-state index in [2.05, 4.69) is 5.32 Å². The zero-order chi connectivity index (χ0) is 15.3. The number of urea groups is 1. The molecule has 110 valence electrons. The van der Waals surface area contributed by atoms with E-state index < -0.39 is 36.4 Å². The number of aliphatic hydroxyl groups is 1. The Morgan fingerprint density at radius 2 is 1.95 bits per heavy atom. The average Bonchev–Trinajstić information content (AvgIpc) is 2.35. The van der Waals surface area contributed by atoms with Crippen molar-refractivity contribution in [1.82, 2.24) is 5.32 Å². The lowest BCUT2D eigenvalue weighted by Gasteiger charge is -2.11. The van der Waals surface area contributed by atoms with Gasteiger partial charge in [0.25, 0.3) is 0 Å². The van der Waals surface area contributed by atoms with Crippen LogP contribution in [-0.4, -0.2) is 34.9 Å². The Kier molecular flexibility index (Phi) is 4.92. The van der Waals surface area contributed by atoms with Gasteiger partial charge in [0.2, 0.25) is 0 Å². The van der Waals surface area contributed by atoms with Crippen molar-refractivity contribution >= 4 is 17.7 Å². The van der Waals surface area contributed by atoms with Crippen molar-refractivity contribution in [1.29, 1.82) is 0 Å². The second-order valence-electron chi connectivity index (χ2n) is 3.77. The number of amides is 2. The molecule has 9 heteroatoms. The molecule has 0 spiro atoms. The summed E-state index contributed by atoms with van der Waals surface area (Å²) in [6.07, 6.45) is -6.32. The summed E-state index contributed by atoms with van der Waals surface area (Å²) < 4.78 is 37.3. The Labute approximate surface area is 111 Å². The molecule has 1 atom stereocenters. The van der Waals surface area contributed by atoms with Gasteiger partial charge in [0.1, 0.15) is 0 Å². The number of hydrogen-bond donors (Lipinski definition) is 4. The van der Waals surface area contributed by atoms with Crippen LogP contribution in [0.2, 0.25) is 0 Å². The molecule has 0 fully saturated rings. The number of anilines is 1. The largest absolute Gasteiger partial charge is 0.479 e. The number of nitrogens with one attached hydrogen (secondary N) is 2. The minimum atomic E-state index is -4.53. The van der Waals surface area contributed by atoms with Gasteiger partial charge < -0.3 is 20.8 Å². The van der Waals surface area contributed by atoms with E-state index in [0.29, 0.717) is 0 Å². The normalized spacial score (nSPS) is 12.6. The summed E-state index contributed by atoms with van der Waals surface area (Å²) >= 11 is 0. The molecule has 0 heterocycles. The number of carboxylic acids is 1. The fourth-order valence-electron chi connectivity index (χ4n) is 1.23. The lowest BCUT2D eigenvalue weighted by molar-refractivity contribution is -0.146. The number of aliphatic hydroxyl groups excluding tert-OH is 1. The summed E-state index contributed by atoms with van der Waals surface area (Å²) in [6.45, 7) is -0.569. The highest BCUT2D eigenvalue weighted by molar-refractivity contribution is 5.89. The van der Waals surface area contributed by atoms with Crippen LogP contribution in [0.25, 0.3) is 0 Å². The molecular formula is C11H11F3N2O4. The van der Waals surface area contributed by atoms with Crippen molar-refractivity contribution in [2.45, 2.75) is 12.3 Å². The molecule has 0 bridgehead atoms. The van der Waals surface area contributed by atoms with Crippen molar-refractivity contribution in [3.8, 4) is 0 Å². The molecule has 1 rings (SSSR count). The second kappa shape index (κ2) is 6.24. The standard InChI is InChI=1S/C11H11F3N2O4/c12-11(13,14)6-2-1-3-7(4-6)16-10(20)15-5-8(17)9(18)19/h1-4,8,17H,5H2,(H,18,19)(H2,15,16,20). The predicted octanol–water partition coefficient (Wildman–Crippen LogP) is 1.27. The third kappa shape index (κ3) is 4.76. The molecule has 0 saturated heterocycles. The quantitative estimate of drug-likeness (QED) is 0.671. The molecule has 0 aromatic heterocycles. The molecule has 1 unspecified atom stereocenters. The molecule has 1 aromatic carbocycles. The predicted molar refractivity (Wildman–Crippen MR) is 62.1 cm³/mol. The third-order valence-corrected chi connectivity index (χ3v) is 2.19. The molecule has 1 aromatic rings. The average molecular weight is 292 g/mol. The van der Waals surface area contributed by atoms with Crippen molar-refractivity contribution in [2.75, 3.05) is 11.9 Å². The summed E-state index contributed by atoms with van der Waals surface area (Å²) in [6, 6.07) is 3.00. The first kappa shape index (κ1) is 15.8. The number of benzene rings is 1. The van der Waals surface area contributed by atoms with Gasteiger partial charge in [-0.15, -0.1) is 0 Å². The Hall–Kier alpha value is -2.29. The van der Waals surface area contributed by atoms with Gasteiger partial charge in [-0.25, -0.2) is 9.59 Å². The van der Waals surface area contributed by atoms with Gasteiger partial charge in [0.15, 0.2) is 6.10 Å². The number of carbonyl (C=O) groups excluding carboxylic acids is 1. The van der Waals surface area contributed by atoms with E-state index in [-0.39, 0.29) is 5.69 Å². The van der Waals surface area contributed by atoms with Gasteiger partial charge in [-0.05, 0) is 18.2 Å². The molecule has 0 saturated carbocycles. The minimum absolute atomic E-state index is 0.109. The Balaban J connectivity index is 2.61. The van der Waals surface area contributed by atoms with Crippen LogP contribution in [0.1, 0.15) is 5.56 Å². The SMILES string of the molecule is O=C(NCC(O)C(=O)O)Nc1cccc(C(F)(F)F)c1. The number of carboxylic acid groups (broad SMARTS) is 1. The fourth-order valence-corrected chi connectivity index (χ4v) is 1.23. The Bertz CT molecular complexity index is 505. The maximum Gasteiger partial charge on any atom is 0.416 e. The first-order valence-corrected chi connectivity index (χ1v) is 5.33. The van der Waals surface area contributed by atoms with Crippen LogP contribution in [0, 0.1) is 0 Å². The monoisotopic (exact) mass is 292 g/mol. The molecule has 0 radical (unpaired) electrons. The van der Waals surface area contributed by atoms with Gasteiger partial charge in [-0.2, -0.15) is 13.2 Å². The number of carbonyl (C=O) groups is 2. The van der Waals surface area contributed by atoms with Crippen LogP contribution in [0.3, 0.4) is 0 Å². The van der Waals surface area contributed by atoms with Gasteiger partial charge in [-0.1, -0.05) is 6.07 Å². The number of halogens is 3. The van der Waals surface area contributed by atoms with Crippen LogP contribution in [0.4, 0.5) is 23.7 Å². The second-order valence-corrected chi connectivity index (χ2v) is 3.77. The zero-order valence-electron chi connectivity index (χ0n) is 9.94. The number of hydrogen-bond acceptors (Lipinski definition) is 3. The van der Waals surface area contributed by atoms with Crippen LogP contribution in [0.15, 0.2) is 24.3 Å². The Morgan fingerprint density at radius 3 is 2.50 bits per heavy atom. The summed E-state index contributed by atoms with van der Waals surface area (Å²) in [5.74, 6) is -1.52. The van der Waals surface area contributed by atoms with Crippen molar-refractivity contribution < 1.29 is 33.0 Å². The lowest BCUT2D eigenvalue weighted by Crippen LogP contribution is -2.38. The number of aliphatic carboxylic acids is 1. The first-order chi connectivity index (χ1) is 9.20. The summed E-state index contributed by atoms with van der Waals surface area (Å²) in [5, 5.41) is 21.4. The van der Waals surface area contributed by atoms with E-state index in [1.807, 2.05) is 5.32 Å². The number of alkyl halides is 3. The fraction of sp³-hybridized carbons (Fsp3) is 0.273. The van der Waals surface area contributed by atoms with Crippen molar-refractivity contribution in [3.05, 3.63) is 29.8 Å². The maximum atomic E-state index is 12.4. The van der Waals surface area contributed by atoms with Gasteiger partial charge in [-0.3, -0.25) is 0 Å². The van der Waals surface area contributed by atoms with Crippen molar-refractivity contribution in [3.63, 3.8) is 0 Å². The van der Waals surface area contributed by atoms with Gasteiger partial charge in [0.05, 0.1) is 12.1 Å². The molecule has 4 N–H and O–H groups in total. The zero-order valence-corrected chi connectivity index (χ0v) is 9.94. The van der Waals surface area contributed by atoms with E-state index in [1.54, 1.807) is 0 Å². The van der Waals surface area contributed by atoms with Crippen LogP contribution < -0.4 is 10.6 Å². The summed E-state index contributed by atoms with van der Waals surface area (Å²) in [7, 11) is 0. The van der Waals surface area contributed by atoms with Gasteiger partial charge in [0, 0.05) is 5.69 Å². The molecule has 0 aliphatic heterocycles. The molecule has 20 heavy (non-hydrogen) atoms. The topological polar surface area (TPSA) is 98.7 Å². The Morgan fingerprint density at radius 1 is 1.30 bits per heavy atom. The van der Waals surface area contributed by atoms with Crippen molar-refractivity contribution in [2.24, 2.45) is 0 Å². The van der Waals surface area contributed by atoms with Gasteiger partial charge >= 0.3 is 18.2 Å². The summed E-state index contributed by atoms with van der Waals surface area (Å²) in [4.78, 5) is 21.6. The van der Waals surface area contributed by atoms with E-state index in [0.717, 1.165) is 18.2 Å².